The molecule has 5 rings (SSSR count). The first kappa shape index (κ1) is 23.8. The Morgan fingerprint density at radius 2 is 1.78 bits per heavy atom. The molecule has 0 radical (unpaired) electrons. The lowest BCUT2D eigenvalue weighted by molar-refractivity contribution is 0.0995. The van der Waals surface area contributed by atoms with E-state index in [-0.39, 0.29) is 5.88 Å². The van der Waals surface area contributed by atoms with Gasteiger partial charge in [0.25, 0.3) is 5.91 Å². The van der Waals surface area contributed by atoms with Gasteiger partial charge < -0.3 is 9.67 Å². The fourth-order valence-corrected chi connectivity index (χ4v) is 5.17. The molecule has 3 aromatic carbocycles. The minimum atomic E-state index is -0.451. The van der Waals surface area contributed by atoms with E-state index in [2.05, 4.69) is 47.3 Å². The molecule has 0 bridgehead atoms. The number of carbonyl (C=O) groups is 1. The molecule has 0 atom stereocenters. The van der Waals surface area contributed by atoms with Gasteiger partial charge in [-0.15, -0.1) is 22.0 Å². The van der Waals surface area contributed by atoms with Crippen molar-refractivity contribution in [2.45, 2.75) is 31.0 Å². The topological polar surface area (TPSA) is 79.8 Å². The average Bonchev–Trinajstić information content (AvgIpc) is 3.16. The number of aromatic hydroxyl groups is 1. The summed E-state index contributed by atoms with van der Waals surface area (Å²) in [5.41, 5.74) is 3.72. The maximum absolute atomic E-state index is 12.7. The van der Waals surface area contributed by atoms with Crippen LogP contribution in [0.4, 0.5) is 5.69 Å². The number of rotatable bonds is 7. The van der Waals surface area contributed by atoms with Gasteiger partial charge in [-0.05, 0) is 41.8 Å². The summed E-state index contributed by atoms with van der Waals surface area (Å²) in [5.74, 6) is 0.672. The minimum Gasteiger partial charge on any atom is -0.493 e. The SMILES string of the molecule is CC(C)Cn1c(O)c(N=NC(=O)c2ccc(CSc3cccc4cccnc34)cc2)c2ccccc21. The number of hydrogen-bond donors (Lipinski definition) is 1. The number of hydrogen-bond acceptors (Lipinski definition) is 5. The van der Waals surface area contributed by atoms with Crippen LogP contribution in [0.15, 0.2) is 100 Å². The highest BCUT2D eigenvalue weighted by Gasteiger charge is 2.17. The molecular formula is C29H26N4O2S. The summed E-state index contributed by atoms with van der Waals surface area (Å²) in [6.07, 6.45) is 1.81. The minimum absolute atomic E-state index is 0.0248. The highest BCUT2D eigenvalue weighted by molar-refractivity contribution is 7.98. The van der Waals surface area contributed by atoms with Crippen LogP contribution in [0.25, 0.3) is 21.8 Å². The van der Waals surface area contributed by atoms with Gasteiger partial charge in [0.15, 0.2) is 5.69 Å². The van der Waals surface area contributed by atoms with Crippen LogP contribution >= 0.6 is 11.8 Å². The van der Waals surface area contributed by atoms with Crippen molar-refractivity contribution in [3.63, 3.8) is 0 Å². The molecule has 0 fully saturated rings. The second kappa shape index (κ2) is 10.3. The van der Waals surface area contributed by atoms with E-state index in [0.717, 1.165) is 38.0 Å². The molecule has 7 heteroatoms. The molecular weight excluding hydrogens is 468 g/mol. The second-order valence-corrected chi connectivity index (χ2v) is 10.0. The maximum Gasteiger partial charge on any atom is 0.295 e. The van der Waals surface area contributed by atoms with Gasteiger partial charge in [0.05, 0.1) is 11.0 Å². The molecule has 0 saturated heterocycles. The van der Waals surface area contributed by atoms with Crippen molar-refractivity contribution in [3.8, 4) is 5.88 Å². The van der Waals surface area contributed by atoms with E-state index in [9.17, 15) is 9.90 Å². The van der Waals surface area contributed by atoms with Crippen molar-refractivity contribution >= 4 is 45.2 Å². The van der Waals surface area contributed by atoms with E-state index < -0.39 is 5.91 Å². The number of fused-ring (bicyclic) bond motifs is 2. The quantitative estimate of drug-likeness (QED) is 0.185. The van der Waals surface area contributed by atoms with Crippen LogP contribution in [0.2, 0.25) is 0 Å². The molecule has 1 N–H and O–H groups in total. The number of pyridine rings is 1. The zero-order chi connectivity index (χ0) is 25.1. The fraction of sp³-hybridized carbons (Fsp3) is 0.172. The largest absolute Gasteiger partial charge is 0.493 e. The number of carbonyl (C=O) groups excluding carboxylic acids is 1. The Bertz CT molecular complexity index is 1570. The zero-order valence-corrected chi connectivity index (χ0v) is 20.9. The van der Waals surface area contributed by atoms with Gasteiger partial charge in [0.1, 0.15) is 0 Å². The number of para-hydroxylation sites is 2. The van der Waals surface area contributed by atoms with Crippen LogP contribution in [0.3, 0.4) is 0 Å². The van der Waals surface area contributed by atoms with E-state index in [1.807, 2.05) is 59.3 Å². The van der Waals surface area contributed by atoms with Crippen LogP contribution < -0.4 is 0 Å². The summed E-state index contributed by atoms with van der Waals surface area (Å²) in [6.45, 7) is 4.81. The monoisotopic (exact) mass is 494 g/mol. The highest BCUT2D eigenvalue weighted by Crippen LogP contribution is 2.39. The van der Waals surface area contributed by atoms with Gasteiger partial charge in [0, 0.05) is 39.7 Å². The average molecular weight is 495 g/mol. The molecule has 180 valence electrons. The summed E-state index contributed by atoms with van der Waals surface area (Å²) in [4.78, 5) is 18.4. The van der Waals surface area contributed by atoms with E-state index in [0.29, 0.717) is 23.7 Å². The Labute approximate surface area is 213 Å². The summed E-state index contributed by atoms with van der Waals surface area (Å²) in [6, 6.07) is 25.2. The van der Waals surface area contributed by atoms with Crippen LogP contribution in [-0.2, 0) is 12.3 Å². The molecule has 0 spiro atoms. The summed E-state index contributed by atoms with van der Waals surface area (Å²) in [7, 11) is 0. The van der Waals surface area contributed by atoms with Gasteiger partial charge in [-0.3, -0.25) is 9.78 Å². The molecule has 5 aromatic rings. The Morgan fingerprint density at radius 1 is 1.00 bits per heavy atom. The third-order valence-corrected chi connectivity index (χ3v) is 7.02. The number of nitrogens with zero attached hydrogens (tertiary/aromatic N) is 4. The van der Waals surface area contributed by atoms with Gasteiger partial charge in [-0.25, -0.2) is 0 Å². The Hall–Kier alpha value is -3.97. The van der Waals surface area contributed by atoms with Crippen LogP contribution in [0, 0.1) is 5.92 Å². The number of azo groups is 1. The maximum atomic E-state index is 12.7. The molecule has 0 aliphatic carbocycles. The standard InChI is InChI=1S/C29H26N4O2S/c1-19(2)17-33-24-10-4-3-9-23(24)27(29(33)35)31-32-28(34)22-14-12-20(13-15-22)18-36-25-11-5-7-21-8-6-16-30-26(21)25/h3-16,19,35H,17-18H2,1-2H3. The Balaban J connectivity index is 1.31. The molecule has 2 aromatic heterocycles. The lowest BCUT2D eigenvalue weighted by Gasteiger charge is -2.09. The molecule has 0 unspecified atom stereocenters. The molecule has 0 aliphatic heterocycles. The van der Waals surface area contributed by atoms with Crippen LogP contribution in [0.5, 0.6) is 5.88 Å². The predicted molar refractivity (Wildman–Crippen MR) is 145 cm³/mol. The summed E-state index contributed by atoms with van der Waals surface area (Å²) < 4.78 is 1.82. The third-order valence-electron chi connectivity index (χ3n) is 5.90. The van der Waals surface area contributed by atoms with E-state index in [1.54, 1.807) is 23.9 Å². The van der Waals surface area contributed by atoms with Gasteiger partial charge in [0.2, 0.25) is 5.88 Å². The highest BCUT2D eigenvalue weighted by atomic mass is 32.2. The first-order chi connectivity index (χ1) is 17.5. The number of benzene rings is 3. The lowest BCUT2D eigenvalue weighted by Crippen LogP contribution is -2.03. The molecule has 6 nitrogen and oxygen atoms in total. The third kappa shape index (κ3) is 4.88. The van der Waals surface area contributed by atoms with Crippen molar-refractivity contribution in [2.24, 2.45) is 16.1 Å². The smallest absolute Gasteiger partial charge is 0.295 e. The van der Waals surface area contributed by atoms with E-state index in [4.69, 9.17) is 0 Å². The van der Waals surface area contributed by atoms with Crippen molar-refractivity contribution in [1.82, 2.24) is 9.55 Å². The van der Waals surface area contributed by atoms with E-state index in [1.165, 1.54) is 0 Å². The zero-order valence-electron chi connectivity index (χ0n) is 20.1. The van der Waals surface area contributed by atoms with Gasteiger partial charge >= 0.3 is 0 Å². The molecule has 36 heavy (non-hydrogen) atoms. The number of thioether (sulfide) groups is 1. The number of amides is 1. The second-order valence-electron chi connectivity index (χ2n) is 9.02. The first-order valence-electron chi connectivity index (χ1n) is 11.8. The van der Waals surface area contributed by atoms with Crippen LogP contribution in [0.1, 0.15) is 29.8 Å². The number of aromatic nitrogens is 2. The van der Waals surface area contributed by atoms with Crippen molar-refractivity contribution in [1.29, 1.82) is 0 Å². The van der Waals surface area contributed by atoms with E-state index >= 15 is 0 Å². The normalized spacial score (nSPS) is 11.8. The Kier molecular flexibility index (Phi) is 6.82. The van der Waals surface area contributed by atoms with Gasteiger partial charge in [-0.1, -0.05) is 62.4 Å². The molecule has 1 amide bonds. The Morgan fingerprint density at radius 3 is 2.58 bits per heavy atom. The van der Waals surface area contributed by atoms with Gasteiger partial charge in [-0.2, -0.15) is 0 Å². The van der Waals surface area contributed by atoms with Crippen LogP contribution in [-0.4, -0.2) is 20.6 Å². The summed E-state index contributed by atoms with van der Waals surface area (Å²) in [5, 5.41) is 20.8. The molecule has 2 heterocycles. The molecule has 0 aliphatic rings. The van der Waals surface area contributed by atoms with Crippen molar-refractivity contribution in [3.05, 3.63) is 96.2 Å². The predicted octanol–water partition coefficient (Wildman–Crippen LogP) is 7.77. The molecule has 0 saturated carbocycles. The first-order valence-corrected chi connectivity index (χ1v) is 12.8. The summed E-state index contributed by atoms with van der Waals surface area (Å²) >= 11 is 1.71. The lowest BCUT2D eigenvalue weighted by atomic mass is 10.1. The van der Waals surface area contributed by atoms with Crippen molar-refractivity contribution < 1.29 is 9.90 Å². The fourth-order valence-electron chi connectivity index (χ4n) is 4.17. The van der Waals surface area contributed by atoms with Crippen molar-refractivity contribution in [2.75, 3.05) is 0 Å².